The second-order valence-corrected chi connectivity index (χ2v) is 9.34. The molecule has 2 aromatic carbocycles. The van der Waals surface area contributed by atoms with E-state index >= 15 is 0 Å². The van der Waals surface area contributed by atoms with Crippen molar-refractivity contribution in [2.45, 2.75) is 56.0 Å². The Hall–Kier alpha value is -2.33. The molecule has 5 rings (SSSR count). The van der Waals surface area contributed by atoms with Gasteiger partial charge in [0.15, 0.2) is 0 Å². The monoisotopic (exact) mass is 403 g/mol. The fraction of sp³-hybridized carbons (Fsp3) is 0.500. The zero-order valence-electron chi connectivity index (χ0n) is 18.0. The van der Waals surface area contributed by atoms with E-state index < -0.39 is 0 Å². The molecule has 1 amide bonds. The van der Waals surface area contributed by atoms with Gasteiger partial charge in [0.05, 0.1) is 6.67 Å². The molecule has 2 heterocycles. The molecule has 1 aliphatic carbocycles. The van der Waals surface area contributed by atoms with Crippen LogP contribution in [0.4, 0.5) is 5.69 Å². The molecule has 4 nitrogen and oxygen atoms in total. The highest BCUT2D eigenvalue weighted by Crippen LogP contribution is 2.42. The van der Waals surface area contributed by atoms with Gasteiger partial charge < -0.3 is 9.80 Å². The number of hydrogen-bond donors (Lipinski definition) is 0. The predicted molar refractivity (Wildman–Crippen MR) is 122 cm³/mol. The van der Waals surface area contributed by atoms with Gasteiger partial charge in [-0.2, -0.15) is 0 Å². The minimum atomic E-state index is -0.372. The lowest BCUT2D eigenvalue weighted by Crippen LogP contribution is -2.58. The highest BCUT2D eigenvalue weighted by Gasteiger charge is 2.53. The van der Waals surface area contributed by atoms with E-state index in [4.69, 9.17) is 0 Å². The van der Waals surface area contributed by atoms with Crippen LogP contribution in [-0.4, -0.2) is 54.1 Å². The Morgan fingerprint density at radius 3 is 2.20 bits per heavy atom. The maximum atomic E-state index is 13.3. The van der Waals surface area contributed by atoms with Gasteiger partial charge in [0.25, 0.3) is 0 Å². The molecular weight excluding hydrogens is 370 g/mol. The first-order valence-corrected chi connectivity index (χ1v) is 11.6. The molecule has 30 heavy (non-hydrogen) atoms. The predicted octanol–water partition coefficient (Wildman–Crippen LogP) is 4.48. The molecule has 2 atom stereocenters. The summed E-state index contributed by atoms with van der Waals surface area (Å²) in [4.78, 5) is 20.3. The van der Waals surface area contributed by atoms with E-state index in [0.717, 1.165) is 25.9 Å². The Morgan fingerprint density at radius 2 is 1.50 bits per heavy atom. The van der Waals surface area contributed by atoms with Gasteiger partial charge >= 0.3 is 0 Å². The largest absolute Gasteiger partial charge is 0.339 e. The van der Waals surface area contributed by atoms with Crippen molar-refractivity contribution in [3.05, 3.63) is 66.2 Å². The molecular formula is C26H33N3O. The standard InChI is InChI=1S/C26H33N3O/c1-27-20-29(22-12-6-3-7-13-22)26(25(27)30)16-18-28(19-17-26)24-15-9-8-14-23(24)21-10-4-2-5-11-21/h2-7,10-13,23-24H,8-9,14-20H2,1H3. The van der Waals surface area contributed by atoms with E-state index in [9.17, 15) is 4.79 Å². The number of nitrogens with zero attached hydrogens (tertiary/aromatic N) is 3. The molecule has 4 heteroatoms. The van der Waals surface area contributed by atoms with Crippen LogP contribution in [0.1, 0.15) is 50.0 Å². The van der Waals surface area contributed by atoms with Crippen LogP contribution in [0.15, 0.2) is 60.7 Å². The Kier molecular flexibility index (Phi) is 5.28. The number of rotatable bonds is 3. The van der Waals surface area contributed by atoms with E-state index in [1.165, 1.54) is 36.9 Å². The normalized spacial score (nSPS) is 27.0. The summed E-state index contributed by atoms with van der Waals surface area (Å²) in [5.74, 6) is 0.926. The van der Waals surface area contributed by atoms with Gasteiger partial charge in [-0.1, -0.05) is 61.4 Å². The zero-order chi connectivity index (χ0) is 20.6. The number of carbonyl (C=O) groups is 1. The van der Waals surface area contributed by atoms with Crippen LogP contribution < -0.4 is 4.90 Å². The molecule has 0 aromatic heterocycles. The summed E-state index contributed by atoms with van der Waals surface area (Å²) in [6.07, 6.45) is 7.06. The lowest BCUT2D eigenvalue weighted by molar-refractivity contribution is -0.132. The van der Waals surface area contributed by atoms with Crippen LogP contribution in [0.3, 0.4) is 0 Å². The van der Waals surface area contributed by atoms with Gasteiger partial charge in [-0.05, 0) is 49.3 Å². The second-order valence-electron chi connectivity index (χ2n) is 9.34. The SMILES string of the molecule is CN1CN(c2ccccc2)C2(CCN(C3CCCCC3c3ccccc3)CC2)C1=O. The number of para-hydroxylation sites is 1. The summed E-state index contributed by atoms with van der Waals surface area (Å²) in [6, 6.07) is 22.2. The third kappa shape index (κ3) is 3.31. The summed E-state index contributed by atoms with van der Waals surface area (Å²) < 4.78 is 0. The van der Waals surface area contributed by atoms with E-state index in [1.807, 2.05) is 18.0 Å². The zero-order valence-corrected chi connectivity index (χ0v) is 18.0. The van der Waals surface area contributed by atoms with Gasteiger partial charge in [-0.15, -0.1) is 0 Å². The number of anilines is 1. The van der Waals surface area contributed by atoms with Crippen molar-refractivity contribution in [2.24, 2.45) is 0 Å². The first-order chi connectivity index (χ1) is 14.7. The number of likely N-dealkylation sites (N-methyl/N-ethyl adjacent to an activating group) is 1. The fourth-order valence-corrected chi connectivity index (χ4v) is 6.17. The van der Waals surface area contributed by atoms with Gasteiger partial charge in [-0.3, -0.25) is 9.69 Å². The maximum absolute atomic E-state index is 13.3. The molecule has 3 aliphatic rings. The molecule has 1 saturated carbocycles. The minimum Gasteiger partial charge on any atom is -0.339 e. The fourth-order valence-electron chi connectivity index (χ4n) is 6.17. The molecule has 0 radical (unpaired) electrons. The summed E-state index contributed by atoms with van der Waals surface area (Å²) >= 11 is 0. The molecule has 2 saturated heterocycles. The molecule has 2 unspecified atom stereocenters. The molecule has 0 bridgehead atoms. The molecule has 3 fully saturated rings. The van der Waals surface area contributed by atoms with E-state index in [2.05, 4.69) is 64.4 Å². The lowest BCUT2D eigenvalue weighted by Gasteiger charge is -2.48. The quantitative estimate of drug-likeness (QED) is 0.756. The first kappa shape index (κ1) is 19.6. The van der Waals surface area contributed by atoms with Gasteiger partial charge in [-0.25, -0.2) is 0 Å². The topological polar surface area (TPSA) is 26.8 Å². The third-order valence-corrected chi connectivity index (χ3v) is 7.73. The van der Waals surface area contributed by atoms with Crippen LogP contribution in [-0.2, 0) is 4.79 Å². The van der Waals surface area contributed by atoms with Gasteiger partial charge in [0.2, 0.25) is 5.91 Å². The Bertz CT molecular complexity index is 860. The van der Waals surface area contributed by atoms with Gasteiger partial charge in [0.1, 0.15) is 5.54 Å². The maximum Gasteiger partial charge on any atom is 0.249 e. The molecule has 2 aliphatic heterocycles. The van der Waals surface area contributed by atoms with Crippen LogP contribution >= 0.6 is 0 Å². The Balaban J connectivity index is 1.36. The van der Waals surface area contributed by atoms with Gasteiger partial charge in [0, 0.05) is 31.9 Å². The molecule has 2 aromatic rings. The van der Waals surface area contributed by atoms with Crippen LogP contribution in [0.25, 0.3) is 0 Å². The number of carbonyl (C=O) groups excluding carboxylic acids is 1. The minimum absolute atomic E-state index is 0.300. The third-order valence-electron chi connectivity index (χ3n) is 7.73. The summed E-state index contributed by atoms with van der Waals surface area (Å²) in [7, 11) is 1.95. The number of piperidine rings is 1. The smallest absolute Gasteiger partial charge is 0.249 e. The van der Waals surface area contributed by atoms with Crippen LogP contribution in [0.2, 0.25) is 0 Å². The molecule has 0 N–H and O–H groups in total. The lowest BCUT2D eigenvalue weighted by atomic mass is 9.77. The van der Waals surface area contributed by atoms with Crippen LogP contribution in [0, 0.1) is 0 Å². The van der Waals surface area contributed by atoms with Crippen molar-refractivity contribution >= 4 is 11.6 Å². The average molecular weight is 404 g/mol. The average Bonchev–Trinajstić information content (AvgIpc) is 3.06. The first-order valence-electron chi connectivity index (χ1n) is 11.6. The number of amides is 1. The molecule has 1 spiro atoms. The summed E-state index contributed by atoms with van der Waals surface area (Å²) in [6.45, 7) is 2.72. The van der Waals surface area contributed by atoms with Crippen molar-refractivity contribution < 1.29 is 4.79 Å². The Labute approximate surface area is 180 Å². The van der Waals surface area contributed by atoms with Crippen molar-refractivity contribution in [2.75, 3.05) is 31.7 Å². The van der Waals surface area contributed by atoms with Crippen molar-refractivity contribution in [1.29, 1.82) is 0 Å². The highest BCUT2D eigenvalue weighted by atomic mass is 16.2. The summed E-state index contributed by atoms with van der Waals surface area (Å²) in [5.41, 5.74) is 2.29. The number of hydrogen-bond acceptors (Lipinski definition) is 3. The Morgan fingerprint density at radius 1 is 0.867 bits per heavy atom. The number of benzene rings is 2. The van der Waals surface area contributed by atoms with Crippen molar-refractivity contribution in [3.63, 3.8) is 0 Å². The van der Waals surface area contributed by atoms with Crippen LogP contribution in [0.5, 0.6) is 0 Å². The van der Waals surface area contributed by atoms with E-state index in [-0.39, 0.29) is 5.54 Å². The van der Waals surface area contributed by atoms with E-state index in [1.54, 1.807) is 0 Å². The highest BCUT2D eigenvalue weighted by molar-refractivity contribution is 5.93. The van der Waals surface area contributed by atoms with Crippen molar-refractivity contribution in [3.8, 4) is 0 Å². The number of likely N-dealkylation sites (tertiary alicyclic amines) is 1. The van der Waals surface area contributed by atoms with Crippen molar-refractivity contribution in [1.82, 2.24) is 9.80 Å². The molecule has 158 valence electrons. The van der Waals surface area contributed by atoms with E-state index in [0.29, 0.717) is 24.5 Å². The second kappa shape index (κ2) is 8.07. The summed E-state index contributed by atoms with van der Waals surface area (Å²) in [5, 5.41) is 0.